The third-order valence-corrected chi connectivity index (χ3v) is 6.41. The first-order valence-corrected chi connectivity index (χ1v) is 8.27. The van der Waals surface area contributed by atoms with Crippen molar-refractivity contribution < 1.29 is 0 Å². The van der Waals surface area contributed by atoms with Crippen molar-refractivity contribution in [3.05, 3.63) is 32.4 Å². The Hall–Kier alpha value is 0.200. The summed E-state index contributed by atoms with van der Waals surface area (Å²) in [5, 5.41) is 4.42. The van der Waals surface area contributed by atoms with E-state index in [0.717, 1.165) is 26.3 Å². The lowest BCUT2D eigenvalue weighted by molar-refractivity contribution is 0.259. The number of benzene rings is 1. The number of halogens is 2. The Morgan fingerprint density at radius 2 is 2.17 bits per heavy atom. The molecule has 1 N–H and O–H groups in total. The first-order valence-electron chi connectivity index (χ1n) is 6.81. The van der Waals surface area contributed by atoms with Gasteiger partial charge in [0, 0.05) is 9.61 Å². The van der Waals surface area contributed by atoms with Crippen LogP contribution < -0.4 is 5.32 Å². The predicted molar refractivity (Wildman–Crippen MR) is 84.9 cm³/mol. The molecule has 0 spiro atoms. The van der Waals surface area contributed by atoms with Gasteiger partial charge in [-0.05, 0) is 84.4 Å². The van der Waals surface area contributed by atoms with Crippen molar-refractivity contribution in [3.63, 3.8) is 0 Å². The average molecular weight is 376 g/mol. The van der Waals surface area contributed by atoms with E-state index in [1.54, 1.807) is 0 Å². The number of fused-ring (bicyclic) bond motifs is 2. The molecule has 4 unspecified atom stereocenters. The van der Waals surface area contributed by atoms with Crippen molar-refractivity contribution in [1.29, 1.82) is 0 Å². The fourth-order valence-electron chi connectivity index (χ4n) is 4.04. The average Bonchev–Trinajstić information content (AvgIpc) is 2.97. The highest BCUT2D eigenvalue weighted by molar-refractivity contribution is 14.1. The highest BCUT2D eigenvalue weighted by Gasteiger charge is 2.43. The molecule has 2 bridgehead atoms. The molecule has 2 saturated carbocycles. The molecule has 3 heteroatoms. The van der Waals surface area contributed by atoms with Crippen LogP contribution in [0.3, 0.4) is 0 Å². The molecule has 0 saturated heterocycles. The van der Waals surface area contributed by atoms with Crippen molar-refractivity contribution in [1.82, 2.24) is 5.32 Å². The van der Waals surface area contributed by atoms with E-state index >= 15 is 0 Å². The van der Waals surface area contributed by atoms with E-state index in [1.807, 2.05) is 0 Å². The molecule has 0 amide bonds. The minimum absolute atomic E-state index is 0.481. The predicted octanol–water partition coefficient (Wildman–Crippen LogP) is 4.64. The van der Waals surface area contributed by atoms with Crippen LogP contribution in [-0.4, -0.2) is 7.05 Å². The molecule has 0 heterocycles. The van der Waals surface area contributed by atoms with Crippen LogP contribution in [0.2, 0.25) is 5.02 Å². The Bertz CT molecular complexity index is 448. The molecule has 2 aliphatic rings. The van der Waals surface area contributed by atoms with Gasteiger partial charge in [-0.3, -0.25) is 0 Å². The normalized spacial score (nSPS) is 31.8. The Labute approximate surface area is 128 Å². The van der Waals surface area contributed by atoms with E-state index in [0.29, 0.717) is 6.04 Å². The lowest BCUT2D eigenvalue weighted by Crippen LogP contribution is -2.29. The van der Waals surface area contributed by atoms with Gasteiger partial charge >= 0.3 is 0 Å². The van der Waals surface area contributed by atoms with Gasteiger partial charge in [-0.1, -0.05) is 24.1 Å². The minimum atomic E-state index is 0.481. The van der Waals surface area contributed by atoms with Gasteiger partial charge in [-0.2, -0.15) is 0 Å². The molecule has 2 fully saturated rings. The van der Waals surface area contributed by atoms with Crippen LogP contribution in [0.4, 0.5) is 0 Å². The highest BCUT2D eigenvalue weighted by Crippen LogP contribution is 2.52. The van der Waals surface area contributed by atoms with Gasteiger partial charge in [0.15, 0.2) is 0 Å². The monoisotopic (exact) mass is 375 g/mol. The molecule has 0 radical (unpaired) electrons. The summed E-state index contributed by atoms with van der Waals surface area (Å²) in [4.78, 5) is 0. The maximum absolute atomic E-state index is 6.27. The van der Waals surface area contributed by atoms with Crippen molar-refractivity contribution in [3.8, 4) is 0 Å². The van der Waals surface area contributed by atoms with Gasteiger partial charge in [-0.15, -0.1) is 0 Å². The second-order valence-corrected chi connectivity index (χ2v) is 7.35. The van der Waals surface area contributed by atoms with Crippen molar-refractivity contribution >= 4 is 34.2 Å². The Balaban J connectivity index is 1.85. The van der Waals surface area contributed by atoms with Crippen molar-refractivity contribution in [2.45, 2.75) is 31.7 Å². The maximum Gasteiger partial charge on any atom is 0.0542 e. The summed E-state index contributed by atoms with van der Waals surface area (Å²) in [5.41, 5.74) is 1.36. The quantitative estimate of drug-likeness (QED) is 0.759. The topological polar surface area (TPSA) is 12.0 Å². The van der Waals surface area contributed by atoms with Gasteiger partial charge in [0.2, 0.25) is 0 Å². The molecule has 4 atom stereocenters. The van der Waals surface area contributed by atoms with Gasteiger partial charge in [0.25, 0.3) is 0 Å². The van der Waals surface area contributed by atoms with Crippen LogP contribution in [0.15, 0.2) is 18.2 Å². The van der Waals surface area contributed by atoms with E-state index in [-0.39, 0.29) is 0 Å². The van der Waals surface area contributed by atoms with Crippen LogP contribution >= 0.6 is 34.2 Å². The molecule has 0 aromatic heterocycles. The molecule has 1 nitrogen and oxygen atoms in total. The van der Waals surface area contributed by atoms with Crippen molar-refractivity contribution in [2.75, 3.05) is 7.05 Å². The number of nitrogens with one attached hydrogen (secondary N) is 1. The second-order valence-electron chi connectivity index (χ2n) is 5.78. The van der Waals surface area contributed by atoms with Gasteiger partial charge < -0.3 is 5.32 Å². The van der Waals surface area contributed by atoms with E-state index in [4.69, 9.17) is 11.6 Å². The Morgan fingerprint density at radius 1 is 1.33 bits per heavy atom. The molecule has 98 valence electrons. The number of hydrogen-bond donors (Lipinski definition) is 1. The van der Waals surface area contributed by atoms with Crippen LogP contribution in [0.25, 0.3) is 0 Å². The lowest BCUT2D eigenvalue weighted by atomic mass is 9.80. The first-order chi connectivity index (χ1) is 8.69. The molecule has 3 rings (SSSR count). The summed E-state index contributed by atoms with van der Waals surface area (Å²) in [6, 6.07) is 7.00. The van der Waals surface area contributed by atoms with Gasteiger partial charge in [-0.25, -0.2) is 0 Å². The summed E-state index contributed by atoms with van der Waals surface area (Å²) in [7, 11) is 2.09. The summed E-state index contributed by atoms with van der Waals surface area (Å²) >= 11 is 8.56. The largest absolute Gasteiger partial charge is 0.313 e. The summed E-state index contributed by atoms with van der Waals surface area (Å²) in [6.07, 6.45) is 5.76. The third kappa shape index (κ3) is 2.32. The Kier molecular flexibility index (Phi) is 3.88. The molecular weight excluding hydrogens is 357 g/mol. The zero-order chi connectivity index (χ0) is 12.7. The van der Waals surface area contributed by atoms with Gasteiger partial charge in [0.1, 0.15) is 0 Å². The van der Waals surface area contributed by atoms with E-state index < -0.39 is 0 Å². The fourth-order valence-corrected chi connectivity index (χ4v) is 4.56. The lowest BCUT2D eigenvalue weighted by Gasteiger charge is -2.31. The zero-order valence-corrected chi connectivity index (χ0v) is 13.5. The molecule has 0 aliphatic heterocycles. The molecule has 1 aromatic rings. The summed E-state index contributed by atoms with van der Waals surface area (Å²) in [5.74, 6) is 2.74. The smallest absolute Gasteiger partial charge is 0.0542 e. The van der Waals surface area contributed by atoms with Crippen molar-refractivity contribution in [2.24, 2.45) is 17.8 Å². The molecule has 18 heavy (non-hydrogen) atoms. The zero-order valence-electron chi connectivity index (χ0n) is 10.6. The molecular formula is C15H19ClIN. The summed E-state index contributed by atoms with van der Waals surface area (Å²) in [6.45, 7) is 0. The Morgan fingerprint density at radius 3 is 2.72 bits per heavy atom. The van der Waals surface area contributed by atoms with Crippen LogP contribution in [-0.2, 0) is 0 Å². The van der Waals surface area contributed by atoms with Crippen LogP contribution in [0, 0.1) is 21.3 Å². The molecule has 1 aromatic carbocycles. The fraction of sp³-hybridized carbons (Fsp3) is 0.600. The SMILES string of the molecule is CNC(c1ccc(I)c(Cl)c1)C1CC2CCC1C2. The second kappa shape index (κ2) is 5.29. The minimum Gasteiger partial charge on any atom is -0.313 e. The van der Waals surface area contributed by atoms with Crippen LogP contribution in [0.5, 0.6) is 0 Å². The third-order valence-electron chi connectivity index (χ3n) is 4.83. The highest BCUT2D eigenvalue weighted by atomic mass is 127. The molecule has 2 aliphatic carbocycles. The van der Waals surface area contributed by atoms with E-state index in [1.165, 1.54) is 31.2 Å². The van der Waals surface area contributed by atoms with E-state index in [9.17, 15) is 0 Å². The number of hydrogen-bond acceptors (Lipinski definition) is 1. The van der Waals surface area contributed by atoms with Gasteiger partial charge in [0.05, 0.1) is 5.02 Å². The van der Waals surface area contributed by atoms with E-state index in [2.05, 4.69) is 53.2 Å². The summed E-state index contributed by atoms with van der Waals surface area (Å²) < 4.78 is 1.14. The standard InChI is InChI=1S/C15H19ClIN/c1-18-15(11-4-5-14(17)13(16)8-11)12-7-9-2-3-10(12)6-9/h4-5,8-10,12,15,18H,2-3,6-7H2,1H3. The first kappa shape index (κ1) is 13.2. The number of rotatable bonds is 3. The maximum atomic E-state index is 6.27. The van der Waals surface area contributed by atoms with Crippen LogP contribution in [0.1, 0.15) is 37.3 Å².